The third-order valence-corrected chi connectivity index (χ3v) is 12.8. The molecule has 1 unspecified atom stereocenters. The van der Waals surface area contributed by atoms with Gasteiger partial charge in [0.15, 0.2) is 0 Å². The third-order valence-electron chi connectivity index (χ3n) is 11.6. The van der Waals surface area contributed by atoms with Crippen LogP contribution in [0.3, 0.4) is 0 Å². The van der Waals surface area contributed by atoms with E-state index in [1.54, 1.807) is 0 Å². The number of unbranched alkanes of at least 4 members (excludes halogenated alkanes) is 5. The zero-order valence-electron chi connectivity index (χ0n) is 22.1. The van der Waals surface area contributed by atoms with Gasteiger partial charge in [0.25, 0.3) is 0 Å². The SMILES string of the molecule is CCCCCCCC[C@H]1CC[C@H]2[C@@H]3[C@H](Br)C4(O)OC[C@@]5(CC[C@H](OC(C)=O)C[C@]45O)[C@H]3CC[C@]12C. The second kappa shape index (κ2) is 9.54. The fourth-order valence-corrected chi connectivity index (χ4v) is 11.1. The lowest BCUT2D eigenvalue weighted by molar-refractivity contribution is -0.316. The van der Waals surface area contributed by atoms with Crippen molar-refractivity contribution < 1.29 is 24.5 Å². The van der Waals surface area contributed by atoms with Crippen molar-refractivity contribution in [3.05, 3.63) is 0 Å². The molecule has 0 aromatic heterocycles. The summed E-state index contributed by atoms with van der Waals surface area (Å²) in [6.07, 6.45) is 15.6. The first kappa shape index (κ1) is 26.4. The summed E-state index contributed by atoms with van der Waals surface area (Å²) in [6, 6.07) is 0. The van der Waals surface area contributed by atoms with Crippen molar-refractivity contribution >= 4 is 21.9 Å². The van der Waals surface area contributed by atoms with Crippen LogP contribution in [0.1, 0.15) is 111 Å². The lowest BCUT2D eigenvalue weighted by atomic mass is 9.42. The predicted molar refractivity (Wildman–Crippen MR) is 139 cm³/mol. The largest absolute Gasteiger partial charge is 0.462 e. The summed E-state index contributed by atoms with van der Waals surface area (Å²) < 4.78 is 11.7. The molecule has 5 aliphatic rings. The van der Waals surface area contributed by atoms with Crippen LogP contribution in [0, 0.1) is 34.5 Å². The number of rotatable bonds is 8. The smallest absolute Gasteiger partial charge is 0.302 e. The van der Waals surface area contributed by atoms with E-state index in [0.717, 1.165) is 25.2 Å². The van der Waals surface area contributed by atoms with Gasteiger partial charge in [-0.25, -0.2) is 0 Å². The van der Waals surface area contributed by atoms with Crippen LogP contribution < -0.4 is 0 Å². The molecule has 0 amide bonds. The van der Waals surface area contributed by atoms with Crippen molar-refractivity contribution in [2.75, 3.05) is 6.61 Å². The summed E-state index contributed by atoms with van der Waals surface area (Å²) in [7, 11) is 0. The zero-order valence-corrected chi connectivity index (χ0v) is 23.7. The van der Waals surface area contributed by atoms with Gasteiger partial charge in [-0.2, -0.15) is 0 Å². The lowest BCUT2D eigenvalue weighted by Gasteiger charge is -2.65. The average Bonchev–Trinajstić information content (AvgIpc) is 3.23. The number of aliphatic hydroxyl groups is 2. The van der Waals surface area contributed by atoms with Crippen molar-refractivity contribution in [3.63, 3.8) is 0 Å². The Morgan fingerprint density at radius 2 is 1.77 bits per heavy atom. The van der Waals surface area contributed by atoms with E-state index in [1.807, 2.05) is 0 Å². The number of carbonyl (C=O) groups is 1. The summed E-state index contributed by atoms with van der Waals surface area (Å²) >= 11 is 3.93. The van der Waals surface area contributed by atoms with Gasteiger partial charge in [0, 0.05) is 18.8 Å². The molecular formula is C29H47BrO5. The van der Waals surface area contributed by atoms with Crippen molar-refractivity contribution in [3.8, 4) is 0 Å². The van der Waals surface area contributed by atoms with Crippen LogP contribution in [-0.4, -0.2) is 45.1 Å². The fourth-order valence-electron chi connectivity index (χ4n) is 9.82. The molecule has 0 spiro atoms. The second-order valence-electron chi connectivity index (χ2n) is 13.0. The Hall–Kier alpha value is -0.170. The molecule has 200 valence electrons. The number of hydrogen-bond acceptors (Lipinski definition) is 5. The van der Waals surface area contributed by atoms with Gasteiger partial charge in [-0.05, 0) is 74.0 Å². The minimum Gasteiger partial charge on any atom is -0.462 e. The summed E-state index contributed by atoms with van der Waals surface area (Å²) in [5.41, 5.74) is -1.53. The van der Waals surface area contributed by atoms with Crippen molar-refractivity contribution in [1.82, 2.24) is 0 Å². The van der Waals surface area contributed by atoms with Crippen LogP contribution in [0.4, 0.5) is 0 Å². The predicted octanol–water partition coefficient (Wildman–Crippen LogP) is 6.12. The number of alkyl halides is 1. The Balaban J connectivity index is 1.35. The first-order valence-electron chi connectivity index (χ1n) is 14.5. The summed E-state index contributed by atoms with van der Waals surface area (Å²) in [5.74, 6) is -0.00951. The van der Waals surface area contributed by atoms with Gasteiger partial charge in [-0.1, -0.05) is 68.3 Å². The van der Waals surface area contributed by atoms with Crippen LogP contribution in [0.5, 0.6) is 0 Å². The van der Waals surface area contributed by atoms with Gasteiger partial charge in [0.1, 0.15) is 11.7 Å². The topological polar surface area (TPSA) is 76.0 Å². The minimum atomic E-state index is -1.64. The fraction of sp³-hybridized carbons (Fsp3) is 0.966. The molecule has 0 aromatic carbocycles. The van der Waals surface area contributed by atoms with Crippen LogP contribution in [0.25, 0.3) is 0 Å². The molecule has 1 heterocycles. The number of halogens is 1. The number of ether oxygens (including phenoxy) is 2. The first-order valence-corrected chi connectivity index (χ1v) is 15.4. The second-order valence-corrected chi connectivity index (χ2v) is 14.0. The van der Waals surface area contributed by atoms with E-state index < -0.39 is 16.8 Å². The molecule has 1 aliphatic heterocycles. The molecule has 4 saturated carbocycles. The molecule has 0 aromatic rings. The van der Waals surface area contributed by atoms with Crippen LogP contribution in [0.15, 0.2) is 0 Å². The maximum atomic E-state index is 12.2. The molecule has 5 nitrogen and oxygen atoms in total. The highest BCUT2D eigenvalue weighted by Crippen LogP contribution is 2.74. The monoisotopic (exact) mass is 554 g/mol. The van der Waals surface area contributed by atoms with E-state index in [9.17, 15) is 15.0 Å². The van der Waals surface area contributed by atoms with Gasteiger partial charge in [-0.15, -0.1) is 0 Å². The molecule has 1 saturated heterocycles. The summed E-state index contributed by atoms with van der Waals surface area (Å²) in [6.45, 7) is 6.63. The van der Waals surface area contributed by atoms with E-state index in [-0.39, 0.29) is 23.3 Å². The van der Waals surface area contributed by atoms with E-state index in [1.165, 1.54) is 71.1 Å². The van der Waals surface area contributed by atoms with Crippen molar-refractivity contribution in [2.24, 2.45) is 34.5 Å². The van der Waals surface area contributed by atoms with E-state index in [0.29, 0.717) is 29.8 Å². The lowest BCUT2D eigenvalue weighted by Crippen LogP contribution is -2.75. The normalized spacial score (nSPS) is 50.3. The van der Waals surface area contributed by atoms with Crippen LogP contribution >= 0.6 is 15.9 Å². The highest BCUT2D eigenvalue weighted by molar-refractivity contribution is 9.09. The maximum absolute atomic E-state index is 12.2. The minimum absolute atomic E-state index is 0.261. The van der Waals surface area contributed by atoms with Crippen molar-refractivity contribution in [2.45, 2.75) is 133 Å². The molecule has 2 bridgehead atoms. The van der Waals surface area contributed by atoms with Gasteiger partial charge < -0.3 is 19.7 Å². The Kier molecular flexibility index (Phi) is 7.20. The zero-order chi connectivity index (χ0) is 25.1. The molecule has 5 fully saturated rings. The quantitative estimate of drug-likeness (QED) is 0.214. The van der Waals surface area contributed by atoms with Crippen LogP contribution in [-0.2, 0) is 14.3 Å². The van der Waals surface area contributed by atoms with Crippen molar-refractivity contribution in [1.29, 1.82) is 0 Å². The highest BCUT2D eigenvalue weighted by Gasteiger charge is 2.81. The number of hydrogen-bond donors (Lipinski definition) is 2. The van der Waals surface area contributed by atoms with Gasteiger partial charge >= 0.3 is 5.97 Å². The number of esters is 1. The first-order chi connectivity index (χ1) is 16.6. The average molecular weight is 556 g/mol. The van der Waals surface area contributed by atoms with Crippen LogP contribution in [0.2, 0.25) is 0 Å². The molecular weight excluding hydrogens is 508 g/mol. The Morgan fingerprint density at radius 1 is 1.03 bits per heavy atom. The highest BCUT2D eigenvalue weighted by atomic mass is 79.9. The maximum Gasteiger partial charge on any atom is 0.302 e. The molecule has 4 aliphatic carbocycles. The van der Waals surface area contributed by atoms with E-state index >= 15 is 0 Å². The van der Waals surface area contributed by atoms with E-state index in [4.69, 9.17) is 9.47 Å². The number of fused-ring (bicyclic) bond motifs is 3. The van der Waals surface area contributed by atoms with E-state index in [2.05, 4.69) is 29.8 Å². The molecule has 35 heavy (non-hydrogen) atoms. The third kappa shape index (κ3) is 3.81. The van der Waals surface area contributed by atoms with Gasteiger partial charge in [0.2, 0.25) is 5.79 Å². The summed E-state index contributed by atoms with van der Waals surface area (Å²) in [4.78, 5) is 11.3. The number of carbonyl (C=O) groups excluding carboxylic acids is 1. The Morgan fingerprint density at radius 3 is 2.51 bits per heavy atom. The Labute approximate surface area is 220 Å². The standard InChI is InChI=1S/C29H47BrO5/c1-4-5-6-7-8-9-10-20-11-12-22-24-23(14-15-26(20,22)3)27-16-13-21(35-19(2)31)17-28(27,32)29(33,25(24)30)34-18-27/h20-25,32-33H,4-18H2,1-3H3/t20-,21-,22-,23-,24-,25-,26+,27-,28+,29?/m0/s1. The van der Waals surface area contributed by atoms with Gasteiger partial charge in [-0.3, -0.25) is 4.79 Å². The Bertz CT molecular complexity index is 806. The van der Waals surface area contributed by atoms with Gasteiger partial charge in [0.05, 0.1) is 11.4 Å². The molecule has 0 radical (unpaired) electrons. The molecule has 5 rings (SSSR count). The molecule has 2 N–H and O–H groups in total. The molecule has 10 atom stereocenters. The summed E-state index contributed by atoms with van der Waals surface area (Å²) in [5, 5.41) is 24.2. The molecule has 6 heteroatoms.